The van der Waals surface area contributed by atoms with Crippen molar-refractivity contribution in [2.24, 2.45) is 5.41 Å². The van der Waals surface area contributed by atoms with E-state index in [0.717, 1.165) is 0 Å². The second kappa shape index (κ2) is 4.56. The molecule has 0 fully saturated rings. The number of hydrogen-bond donors (Lipinski definition) is 0. The molecule has 21 heavy (non-hydrogen) atoms. The van der Waals surface area contributed by atoms with Crippen LogP contribution in [0.1, 0.15) is 33.6 Å². The van der Waals surface area contributed by atoms with E-state index in [4.69, 9.17) is 4.84 Å². The zero-order valence-corrected chi connectivity index (χ0v) is 10.9. The molecule has 0 spiro atoms. The number of imide groups is 1. The van der Waals surface area contributed by atoms with E-state index in [1.807, 2.05) is 6.07 Å². The second-order valence-electron chi connectivity index (χ2n) is 4.90. The molecule has 0 atom stereocenters. The number of rotatable bonds is 2. The van der Waals surface area contributed by atoms with Gasteiger partial charge in [-0.3, -0.25) is 9.59 Å². The van der Waals surface area contributed by atoms with Crippen LogP contribution < -0.4 is 0 Å². The Morgan fingerprint density at radius 2 is 1.67 bits per heavy atom. The number of amides is 2. The van der Waals surface area contributed by atoms with Gasteiger partial charge in [0, 0.05) is 0 Å². The molecule has 1 aromatic rings. The van der Waals surface area contributed by atoms with Crippen LogP contribution in [0.3, 0.4) is 0 Å². The van der Waals surface area contributed by atoms with E-state index in [1.165, 1.54) is 12.1 Å². The Bertz CT molecular complexity index is 686. The fraction of sp³-hybridized carbons (Fsp3) is 0.200. The molecule has 0 radical (unpaired) electrons. The number of hydrogen-bond acceptors (Lipinski definition) is 5. The standard InChI is InChI=1S/C15H10N2O4/c16-9-15(7-3-4-8-15)14(20)21-17-12(18)10-5-1-2-6-11(10)13(17)19/h1-6H,7-8H2. The van der Waals surface area contributed by atoms with Crippen LogP contribution in [-0.2, 0) is 9.63 Å². The van der Waals surface area contributed by atoms with E-state index in [0.29, 0.717) is 5.06 Å². The molecule has 0 N–H and O–H groups in total. The minimum Gasteiger partial charge on any atom is -0.328 e. The fourth-order valence-electron chi connectivity index (χ4n) is 2.38. The maximum Gasteiger partial charge on any atom is 0.353 e. The van der Waals surface area contributed by atoms with Crippen LogP contribution in [0.25, 0.3) is 0 Å². The molecule has 0 unspecified atom stereocenters. The minimum atomic E-state index is -1.35. The van der Waals surface area contributed by atoms with E-state index in [9.17, 15) is 19.6 Å². The largest absolute Gasteiger partial charge is 0.353 e. The van der Waals surface area contributed by atoms with Gasteiger partial charge in [-0.15, -0.1) is 0 Å². The highest BCUT2D eigenvalue weighted by Crippen LogP contribution is 2.35. The molecular weight excluding hydrogens is 272 g/mol. The summed E-state index contributed by atoms with van der Waals surface area (Å²) in [6.45, 7) is 0. The van der Waals surface area contributed by atoms with Gasteiger partial charge in [0.05, 0.1) is 17.2 Å². The molecule has 6 heteroatoms. The Hall–Kier alpha value is -2.94. The number of carbonyl (C=O) groups is 3. The first-order valence-corrected chi connectivity index (χ1v) is 6.35. The molecule has 1 aromatic carbocycles. The van der Waals surface area contributed by atoms with Crippen LogP contribution >= 0.6 is 0 Å². The first kappa shape index (κ1) is 13.1. The quantitative estimate of drug-likeness (QED) is 0.607. The molecule has 0 saturated carbocycles. The normalized spacial score (nSPS) is 18.5. The average Bonchev–Trinajstić information content (AvgIpc) is 3.08. The van der Waals surface area contributed by atoms with Crippen LogP contribution in [0.15, 0.2) is 36.4 Å². The predicted molar refractivity (Wildman–Crippen MR) is 69.5 cm³/mol. The van der Waals surface area contributed by atoms with Gasteiger partial charge in [0.25, 0.3) is 11.8 Å². The van der Waals surface area contributed by atoms with Crippen molar-refractivity contribution in [3.8, 4) is 6.07 Å². The lowest BCUT2D eigenvalue weighted by atomic mass is 9.87. The third kappa shape index (κ3) is 1.82. The molecule has 104 valence electrons. The number of hydroxylamine groups is 2. The van der Waals surface area contributed by atoms with Crippen LogP contribution in [0.5, 0.6) is 0 Å². The van der Waals surface area contributed by atoms with Crippen LogP contribution in [0, 0.1) is 16.7 Å². The van der Waals surface area contributed by atoms with Gasteiger partial charge in [0.15, 0.2) is 5.41 Å². The topological polar surface area (TPSA) is 87.5 Å². The molecular formula is C15H10N2O4. The van der Waals surface area contributed by atoms with Gasteiger partial charge in [-0.2, -0.15) is 5.26 Å². The van der Waals surface area contributed by atoms with Crippen LogP contribution in [0.4, 0.5) is 0 Å². The number of nitriles is 1. The molecule has 1 heterocycles. The van der Waals surface area contributed by atoms with Crippen molar-refractivity contribution >= 4 is 17.8 Å². The summed E-state index contributed by atoms with van der Waals surface area (Å²) >= 11 is 0. The third-order valence-corrected chi connectivity index (χ3v) is 3.64. The summed E-state index contributed by atoms with van der Waals surface area (Å²) in [5.41, 5.74) is -0.980. The Kier molecular flexibility index (Phi) is 2.84. The van der Waals surface area contributed by atoms with Crippen molar-refractivity contribution in [3.63, 3.8) is 0 Å². The zero-order chi connectivity index (χ0) is 15.0. The molecule has 2 amide bonds. The summed E-state index contributed by atoms with van der Waals surface area (Å²) in [4.78, 5) is 41.3. The Balaban J connectivity index is 1.84. The molecule has 1 aliphatic carbocycles. The fourth-order valence-corrected chi connectivity index (χ4v) is 2.38. The summed E-state index contributed by atoms with van der Waals surface area (Å²) in [7, 11) is 0. The third-order valence-electron chi connectivity index (χ3n) is 3.64. The summed E-state index contributed by atoms with van der Waals surface area (Å²) in [5.74, 6) is -2.27. The molecule has 0 aromatic heterocycles. The molecule has 1 aliphatic heterocycles. The van der Waals surface area contributed by atoms with Gasteiger partial charge >= 0.3 is 5.97 Å². The van der Waals surface area contributed by atoms with Gasteiger partial charge in [-0.1, -0.05) is 29.3 Å². The maximum atomic E-state index is 12.2. The molecule has 0 bridgehead atoms. The highest BCUT2D eigenvalue weighted by Gasteiger charge is 2.46. The highest BCUT2D eigenvalue weighted by molar-refractivity contribution is 6.20. The summed E-state index contributed by atoms with van der Waals surface area (Å²) in [6.07, 6.45) is 3.83. The van der Waals surface area contributed by atoms with Gasteiger partial charge in [0.2, 0.25) is 0 Å². The maximum absolute atomic E-state index is 12.2. The highest BCUT2D eigenvalue weighted by atomic mass is 16.7. The first-order valence-electron chi connectivity index (χ1n) is 6.35. The van der Waals surface area contributed by atoms with E-state index in [-0.39, 0.29) is 24.0 Å². The van der Waals surface area contributed by atoms with E-state index >= 15 is 0 Å². The van der Waals surface area contributed by atoms with Crippen molar-refractivity contribution in [2.45, 2.75) is 12.8 Å². The van der Waals surface area contributed by atoms with E-state index < -0.39 is 23.2 Å². The first-order chi connectivity index (χ1) is 10.1. The molecule has 2 aliphatic rings. The Morgan fingerprint density at radius 1 is 1.14 bits per heavy atom. The Labute approximate surface area is 120 Å². The number of carbonyl (C=O) groups excluding carboxylic acids is 3. The lowest BCUT2D eigenvalue weighted by molar-refractivity contribution is -0.177. The van der Waals surface area contributed by atoms with Crippen molar-refractivity contribution in [2.75, 3.05) is 0 Å². The van der Waals surface area contributed by atoms with Gasteiger partial charge < -0.3 is 4.84 Å². The van der Waals surface area contributed by atoms with Crippen LogP contribution in [-0.4, -0.2) is 22.8 Å². The number of benzene rings is 1. The van der Waals surface area contributed by atoms with Gasteiger partial charge in [-0.05, 0) is 25.0 Å². The summed E-state index contributed by atoms with van der Waals surface area (Å²) in [6, 6.07) is 8.13. The lowest BCUT2D eigenvalue weighted by Gasteiger charge is -2.21. The minimum absolute atomic E-state index is 0.186. The smallest absolute Gasteiger partial charge is 0.328 e. The average molecular weight is 282 g/mol. The van der Waals surface area contributed by atoms with E-state index in [2.05, 4.69) is 0 Å². The molecule has 3 rings (SSSR count). The van der Waals surface area contributed by atoms with Crippen molar-refractivity contribution in [1.29, 1.82) is 5.26 Å². The van der Waals surface area contributed by atoms with Crippen molar-refractivity contribution < 1.29 is 19.2 Å². The number of nitrogens with zero attached hydrogens (tertiary/aromatic N) is 2. The number of allylic oxidation sites excluding steroid dienone is 2. The number of fused-ring (bicyclic) bond motifs is 1. The van der Waals surface area contributed by atoms with Crippen LogP contribution in [0.2, 0.25) is 0 Å². The monoisotopic (exact) mass is 282 g/mol. The summed E-state index contributed by atoms with van der Waals surface area (Å²) < 4.78 is 0. The van der Waals surface area contributed by atoms with E-state index in [1.54, 1.807) is 24.3 Å². The van der Waals surface area contributed by atoms with Crippen molar-refractivity contribution in [1.82, 2.24) is 5.06 Å². The molecule has 6 nitrogen and oxygen atoms in total. The summed E-state index contributed by atoms with van der Waals surface area (Å²) in [5, 5.41) is 9.62. The van der Waals surface area contributed by atoms with Gasteiger partial charge in [0.1, 0.15) is 0 Å². The lowest BCUT2D eigenvalue weighted by Crippen LogP contribution is -2.39. The van der Waals surface area contributed by atoms with Gasteiger partial charge in [-0.25, -0.2) is 4.79 Å². The molecule has 0 saturated heterocycles. The predicted octanol–water partition coefficient (Wildman–Crippen LogP) is 1.60. The Morgan fingerprint density at radius 3 is 2.14 bits per heavy atom. The van der Waals surface area contributed by atoms with Crippen molar-refractivity contribution in [3.05, 3.63) is 47.5 Å². The SMILES string of the molecule is N#CC1(C(=O)ON2C(=O)c3ccccc3C2=O)CC=CC1. The second-order valence-corrected chi connectivity index (χ2v) is 4.90. The zero-order valence-electron chi connectivity index (χ0n) is 10.9.